The highest BCUT2D eigenvalue weighted by molar-refractivity contribution is 5.70. The molecule has 1 heterocycles. The summed E-state index contributed by atoms with van der Waals surface area (Å²) in [6.45, 7) is -0.441. The van der Waals surface area contributed by atoms with Gasteiger partial charge in [-0.3, -0.25) is 4.79 Å². The first-order chi connectivity index (χ1) is 10.0. The second-order valence-corrected chi connectivity index (χ2v) is 4.21. The van der Waals surface area contributed by atoms with Crippen LogP contribution in [0.4, 0.5) is 0 Å². The van der Waals surface area contributed by atoms with Crippen LogP contribution < -0.4 is 10.2 Å². The predicted molar refractivity (Wildman–Crippen MR) is 76.2 cm³/mol. The van der Waals surface area contributed by atoms with E-state index in [1.165, 1.54) is 19.3 Å². The highest BCUT2D eigenvalue weighted by atomic mass is 16.5. The molecule has 0 bridgehead atoms. The average Bonchev–Trinajstić information content (AvgIpc) is 2.49. The molecule has 0 amide bonds. The average molecular weight is 290 g/mol. The maximum absolute atomic E-state index is 11.5. The van der Waals surface area contributed by atoms with Gasteiger partial charge in [-0.2, -0.15) is 0 Å². The summed E-state index contributed by atoms with van der Waals surface area (Å²) in [5.74, 6) is -0.230. The lowest BCUT2D eigenvalue weighted by atomic mass is 10.1. The van der Waals surface area contributed by atoms with Crippen molar-refractivity contribution in [2.45, 2.75) is 6.61 Å². The van der Waals surface area contributed by atoms with E-state index in [1.807, 2.05) is 0 Å². The molecule has 0 aliphatic rings. The third-order valence-corrected chi connectivity index (χ3v) is 2.79. The summed E-state index contributed by atoms with van der Waals surface area (Å²) in [7, 11) is 1.43. The highest BCUT2D eigenvalue weighted by Crippen LogP contribution is 2.27. The normalized spacial score (nSPS) is 11.0. The number of hydrogen-bond acceptors (Lipinski definition) is 6. The van der Waals surface area contributed by atoms with Crippen LogP contribution in [-0.4, -0.2) is 22.4 Å². The van der Waals surface area contributed by atoms with Gasteiger partial charge < -0.3 is 24.5 Å². The molecule has 0 atom stereocenters. The second kappa shape index (κ2) is 6.15. The van der Waals surface area contributed by atoms with Gasteiger partial charge in [0.25, 0.3) is 0 Å². The van der Waals surface area contributed by atoms with Crippen molar-refractivity contribution in [1.29, 1.82) is 0 Å². The number of aromatic hydroxyl groups is 2. The van der Waals surface area contributed by atoms with Crippen LogP contribution in [0.3, 0.4) is 0 Å². The molecule has 0 saturated carbocycles. The minimum absolute atomic E-state index is 0.00584. The predicted octanol–water partition coefficient (Wildman–Crippen LogP) is 1.72. The maximum atomic E-state index is 11.5. The molecule has 6 heteroatoms. The van der Waals surface area contributed by atoms with E-state index in [2.05, 4.69) is 0 Å². The number of hydrogen-bond donors (Lipinski definition) is 3. The van der Waals surface area contributed by atoms with Crippen LogP contribution in [0.5, 0.6) is 17.2 Å². The second-order valence-electron chi connectivity index (χ2n) is 4.21. The number of phenolic OH excluding ortho intramolecular Hbond substituents is 1. The molecule has 21 heavy (non-hydrogen) atoms. The standard InChI is InChI=1S/C15H14O6/c1-20-14-6-9(2-4-11(14)17)3-5-13-15(19)12(18)7-10(8-16)21-13/h2-7,16-17,19H,8H2,1H3/b5-3+. The number of methoxy groups -OCH3 is 1. The Labute approximate surface area is 120 Å². The topological polar surface area (TPSA) is 100 Å². The zero-order chi connectivity index (χ0) is 15.4. The van der Waals surface area contributed by atoms with Crippen molar-refractivity contribution in [2.75, 3.05) is 7.11 Å². The van der Waals surface area contributed by atoms with E-state index in [9.17, 15) is 15.0 Å². The Morgan fingerprint density at radius 3 is 2.67 bits per heavy atom. The third kappa shape index (κ3) is 3.24. The van der Waals surface area contributed by atoms with Gasteiger partial charge in [0.05, 0.1) is 7.11 Å². The number of aliphatic hydroxyl groups is 1. The number of rotatable bonds is 4. The summed E-state index contributed by atoms with van der Waals surface area (Å²) in [5, 5.41) is 28.1. The monoisotopic (exact) mass is 290 g/mol. The molecule has 1 aromatic carbocycles. The van der Waals surface area contributed by atoms with Crippen LogP contribution in [0.15, 0.2) is 33.5 Å². The molecule has 3 N–H and O–H groups in total. The Morgan fingerprint density at radius 1 is 1.24 bits per heavy atom. The molecule has 0 spiro atoms. The highest BCUT2D eigenvalue weighted by Gasteiger charge is 2.08. The van der Waals surface area contributed by atoms with Crippen molar-refractivity contribution in [3.63, 3.8) is 0 Å². The fourth-order valence-electron chi connectivity index (χ4n) is 1.72. The largest absolute Gasteiger partial charge is 0.504 e. The molecule has 0 radical (unpaired) electrons. The molecule has 0 aliphatic heterocycles. The molecule has 0 fully saturated rings. The van der Waals surface area contributed by atoms with Crippen LogP contribution >= 0.6 is 0 Å². The first-order valence-electron chi connectivity index (χ1n) is 6.07. The van der Waals surface area contributed by atoms with Crippen LogP contribution in [-0.2, 0) is 6.61 Å². The molecule has 2 rings (SSSR count). The Bertz CT molecular complexity index is 729. The first-order valence-corrected chi connectivity index (χ1v) is 6.07. The Kier molecular flexibility index (Phi) is 4.30. The van der Waals surface area contributed by atoms with E-state index in [0.29, 0.717) is 11.3 Å². The van der Waals surface area contributed by atoms with Gasteiger partial charge in [0.2, 0.25) is 11.2 Å². The van der Waals surface area contributed by atoms with Crippen molar-refractivity contribution < 1.29 is 24.5 Å². The number of phenols is 1. The number of ether oxygens (including phenoxy) is 1. The summed E-state index contributed by atoms with van der Waals surface area (Å²) < 4.78 is 10.2. The number of aliphatic hydroxyl groups excluding tert-OH is 1. The van der Waals surface area contributed by atoms with Crippen molar-refractivity contribution in [3.8, 4) is 17.2 Å². The Balaban J connectivity index is 2.37. The van der Waals surface area contributed by atoms with E-state index >= 15 is 0 Å². The Morgan fingerprint density at radius 2 is 2.00 bits per heavy atom. The maximum Gasteiger partial charge on any atom is 0.227 e. The third-order valence-electron chi connectivity index (χ3n) is 2.79. The first kappa shape index (κ1) is 14.7. The van der Waals surface area contributed by atoms with Gasteiger partial charge in [0.1, 0.15) is 12.4 Å². The fourth-order valence-corrected chi connectivity index (χ4v) is 1.72. The van der Waals surface area contributed by atoms with Crippen molar-refractivity contribution in [2.24, 2.45) is 0 Å². The fraction of sp³-hybridized carbons (Fsp3) is 0.133. The van der Waals surface area contributed by atoms with Gasteiger partial charge in [-0.25, -0.2) is 0 Å². The lowest BCUT2D eigenvalue weighted by molar-refractivity contribution is 0.240. The molecule has 0 unspecified atom stereocenters. The molecular formula is C15H14O6. The molecule has 0 aliphatic carbocycles. The molecule has 0 saturated heterocycles. The van der Waals surface area contributed by atoms with Gasteiger partial charge in [-0.1, -0.05) is 12.1 Å². The van der Waals surface area contributed by atoms with Gasteiger partial charge >= 0.3 is 0 Å². The lowest BCUT2D eigenvalue weighted by Gasteiger charge is -2.04. The van der Waals surface area contributed by atoms with Crippen molar-refractivity contribution >= 4 is 12.2 Å². The summed E-state index contributed by atoms with van der Waals surface area (Å²) in [6.07, 6.45) is 2.96. The van der Waals surface area contributed by atoms with Crippen molar-refractivity contribution in [3.05, 3.63) is 51.6 Å². The Hall–Kier alpha value is -2.73. The van der Waals surface area contributed by atoms with Gasteiger partial charge in [0.15, 0.2) is 17.3 Å². The van der Waals surface area contributed by atoms with Crippen LogP contribution in [0.25, 0.3) is 12.2 Å². The summed E-state index contributed by atoms with van der Waals surface area (Å²) in [6, 6.07) is 5.69. The van der Waals surface area contributed by atoms with Crippen LogP contribution in [0, 0.1) is 0 Å². The van der Waals surface area contributed by atoms with Gasteiger partial charge in [-0.15, -0.1) is 0 Å². The van der Waals surface area contributed by atoms with E-state index in [-0.39, 0.29) is 17.3 Å². The molecule has 110 valence electrons. The SMILES string of the molecule is COc1cc(/C=C/c2oc(CO)cc(=O)c2O)ccc1O. The number of benzene rings is 1. The van der Waals surface area contributed by atoms with Crippen LogP contribution in [0.1, 0.15) is 17.1 Å². The van der Waals surface area contributed by atoms with Crippen molar-refractivity contribution in [1.82, 2.24) is 0 Å². The van der Waals surface area contributed by atoms with Gasteiger partial charge in [-0.05, 0) is 23.8 Å². The van der Waals surface area contributed by atoms with Gasteiger partial charge in [0, 0.05) is 6.07 Å². The molecule has 6 nitrogen and oxygen atoms in total. The smallest absolute Gasteiger partial charge is 0.227 e. The lowest BCUT2D eigenvalue weighted by Crippen LogP contribution is -2.02. The van der Waals surface area contributed by atoms with Crippen LogP contribution in [0.2, 0.25) is 0 Å². The minimum Gasteiger partial charge on any atom is -0.504 e. The zero-order valence-corrected chi connectivity index (χ0v) is 11.2. The van der Waals surface area contributed by atoms with E-state index in [1.54, 1.807) is 18.2 Å². The minimum atomic E-state index is -0.631. The molecular weight excluding hydrogens is 276 g/mol. The van der Waals surface area contributed by atoms with E-state index < -0.39 is 17.8 Å². The molecule has 2 aromatic rings. The summed E-state index contributed by atoms with van der Waals surface area (Å²) in [4.78, 5) is 11.5. The van der Waals surface area contributed by atoms with E-state index in [0.717, 1.165) is 6.07 Å². The van der Waals surface area contributed by atoms with E-state index in [4.69, 9.17) is 14.3 Å². The summed E-state index contributed by atoms with van der Waals surface area (Å²) >= 11 is 0. The zero-order valence-electron chi connectivity index (χ0n) is 11.2. The quantitative estimate of drug-likeness (QED) is 0.792. The molecule has 1 aromatic heterocycles. The summed E-state index contributed by atoms with van der Waals surface area (Å²) in [5.41, 5.74) is 0.0364.